The zero-order valence-electron chi connectivity index (χ0n) is 12.4. The molecule has 20 heavy (non-hydrogen) atoms. The third-order valence-electron chi connectivity index (χ3n) is 4.75. The molecule has 2 aliphatic heterocycles. The first-order valence-electron chi connectivity index (χ1n) is 7.80. The Hall–Kier alpha value is -1.51. The lowest BCUT2D eigenvalue weighted by molar-refractivity contribution is -0.136. The van der Waals surface area contributed by atoms with E-state index < -0.39 is 0 Å². The van der Waals surface area contributed by atoms with Crippen molar-refractivity contribution in [2.75, 3.05) is 11.9 Å². The molecule has 2 heterocycles. The summed E-state index contributed by atoms with van der Waals surface area (Å²) in [6, 6.07) is 8.67. The van der Waals surface area contributed by atoms with Crippen LogP contribution in [0.15, 0.2) is 24.3 Å². The Morgan fingerprint density at radius 2 is 2.00 bits per heavy atom. The standard InChI is InChI=1S/C17H24N2O/c1-12-7-8-13(2)19(11-12)17(20)16-10-9-14-5-3-4-6-15(14)18-16/h3-6,12-13,16,18H,7-11H2,1-2H3. The minimum absolute atomic E-state index is 0.0438. The van der Waals surface area contributed by atoms with Crippen LogP contribution in [-0.4, -0.2) is 29.4 Å². The fourth-order valence-corrected chi connectivity index (χ4v) is 3.42. The summed E-state index contributed by atoms with van der Waals surface area (Å²) in [6.45, 7) is 5.34. The molecule has 3 rings (SSSR count). The number of rotatable bonds is 1. The van der Waals surface area contributed by atoms with Gasteiger partial charge in [0.05, 0.1) is 0 Å². The molecule has 0 spiro atoms. The Balaban J connectivity index is 1.72. The number of piperidine rings is 1. The van der Waals surface area contributed by atoms with Crippen molar-refractivity contribution in [3.63, 3.8) is 0 Å². The Morgan fingerprint density at radius 1 is 1.20 bits per heavy atom. The van der Waals surface area contributed by atoms with Gasteiger partial charge < -0.3 is 10.2 Å². The minimum Gasteiger partial charge on any atom is -0.373 e. The van der Waals surface area contributed by atoms with Crippen molar-refractivity contribution in [2.45, 2.75) is 51.6 Å². The van der Waals surface area contributed by atoms with Gasteiger partial charge in [0.15, 0.2) is 0 Å². The number of likely N-dealkylation sites (tertiary alicyclic amines) is 1. The Labute approximate surface area is 121 Å². The molecule has 0 bridgehead atoms. The van der Waals surface area contributed by atoms with Crippen LogP contribution in [-0.2, 0) is 11.2 Å². The van der Waals surface area contributed by atoms with E-state index >= 15 is 0 Å². The molecule has 0 radical (unpaired) electrons. The highest BCUT2D eigenvalue weighted by Gasteiger charge is 2.33. The number of anilines is 1. The van der Waals surface area contributed by atoms with Gasteiger partial charge in [-0.3, -0.25) is 4.79 Å². The molecule has 2 aliphatic rings. The quantitative estimate of drug-likeness (QED) is 0.852. The van der Waals surface area contributed by atoms with Crippen LogP contribution in [0.25, 0.3) is 0 Å². The molecule has 0 aliphatic carbocycles. The van der Waals surface area contributed by atoms with Crippen LogP contribution >= 0.6 is 0 Å². The monoisotopic (exact) mass is 272 g/mol. The molecule has 108 valence electrons. The first kappa shape index (κ1) is 13.5. The second kappa shape index (κ2) is 5.47. The summed E-state index contributed by atoms with van der Waals surface area (Å²) < 4.78 is 0. The molecule has 1 aromatic carbocycles. The summed E-state index contributed by atoms with van der Waals surface area (Å²) in [5, 5.41) is 3.44. The van der Waals surface area contributed by atoms with E-state index in [9.17, 15) is 4.79 Å². The number of para-hydroxylation sites is 1. The SMILES string of the molecule is CC1CCC(C)N(C(=O)C2CCc3ccccc3N2)C1. The maximum absolute atomic E-state index is 12.8. The van der Waals surface area contributed by atoms with Gasteiger partial charge in [-0.1, -0.05) is 25.1 Å². The van der Waals surface area contributed by atoms with E-state index in [0.717, 1.165) is 31.5 Å². The number of amides is 1. The van der Waals surface area contributed by atoms with E-state index in [1.165, 1.54) is 12.0 Å². The lowest BCUT2D eigenvalue weighted by Crippen LogP contribution is -2.51. The van der Waals surface area contributed by atoms with Gasteiger partial charge in [-0.2, -0.15) is 0 Å². The maximum atomic E-state index is 12.8. The van der Waals surface area contributed by atoms with Crippen molar-refractivity contribution in [2.24, 2.45) is 5.92 Å². The highest BCUT2D eigenvalue weighted by molar-refractivity contribution is 5.86. The number of hydrogen-bond donors (Lipinski definition) is 1. The number of nitrogens with one attached hydrogen (secondary N) is 1. The number of fused-ring (bicyclic) bond motifs is 1. The van der Waals surface area contributed by atoms with Crippen molar-refractivity contribution in [3.8, 4) is 0 Å². The maximum Gasteiger partial charge on any atom is 0.245 e. The lowest BCUT2D eigenvalue weighted by Gasteiger charge is -2.40. The smallest absolute Gasteiger partial charge is 0.245 e. The van der Waals surface area contributed by atoms with E-state index in [4.69, 9.17) is 0 Å². The largest absolute Gasteiger partial charge is 0.373 e. The van der Waals surface area contributed by atoms with Crippen LogP contribution in [0.5, 0.6) is 0 Å². The first-order valence-corrected chi connectivity index (χ1v) is 7.80. The highest BCUT2D eigenvalue weighted by atomic mass is 16.2. The van der Waals surface area contributed by atoms with Crippen molar-refractivity contribution in [1.29, 1.82) is 0 Å². The van der Waals surface area contributed by atoms with Crippen molar-refractivity contribution in [3.05, 3.63) is 29.8 Å². The van der Waals surface area contributed by atoms with Crippen LogP contribution in [0, 0.1) is 5.92 Å². The average Bonchev–Trinajstić information content (AvgIpc) is 2.48. The van der Waals surface area contributed by atoms with E-state index in [-0.39, 0.29) is 6.04 Å². The number of carbonyl (C=O) groups is 1. The topological polar surface area (TPSA) is 32.3 Å². The van der Waals surface area contributed by atoms with Crippen LogP contribution in [0.1, 0.15) is 38.7 Å². The Bertz CT molecular complexity index is 500. The molecule has 1 amide bonds. The molecule has 1 saturated heterocycles. The molecule has 3 heteroatoms. The number of aryl methyl sites for hydroxylation is 1. The molecular weight excluding hydrogens is 248 g/mol. The minimum atomic E-state index is -0.0438. The molecule has 1 fully saturated rings. The van der Waals surface area contributed by atoms with Gasteiger partial charge in [0.1, 0.15) is 6.04 Å². The fraction of sp³-hybridized carbons (Fsp3) is 0.588. The third-order valence-corrected chi connectivity index (χ3v) is 4.75. The number of hydrogen-bond acceptors (Lipinski definition) is 2. The van der Waals surface area contributed by atoms with Gasteiger partial charge in [0.2, 0.25) is 5.91 Å². The van der Waals surface area contributed by atoms with Crippen LogP contribution in [0.4, 0.5) is 5.69 Å². The van der Waals surface area contributed by atoms with Gasteiger partial charge in [0.25, 0.3) is 0 Å². The zero-order chi connectivity index (χ0) is 14.1. The van der Waals surface area contributed by atoms with E-state index in [1.807, 2.05) is 6.07 Å². The molecule has 0 aromatic heterocycles. The Kier molecular flexibility index (Phi) is 3.68. The number of nitrogens with zero attached hydrogens (tertiary/aromatic N) is 1. The summed E-state index contributed by atoms with van der Waals surface area (Å²) in [5.74, 6) is 0.921. The van der Waals surface area contributed by atoms with Gasteiger partial charge in [-0.15, -0.1) is 0 Å². The van der Waals surface area contributed by atoms with Gasteiger partial charge in [-0.05, 0) is 50.2 Å². The predicted molar refractivity (Wildman–Crippen MR) is 81.7 cm³/mol. The highest BCUT2D eigenvalue weighted by Crippen LogP contribution is 2.28. The van der Waals surface area contributed by atoms with Crippen LogP contribution in [0.2, 0.25) is 0 Å². The molecule has 1 aromatic rings. The summed E-state index contributed by atoms with van der Waals surface area (Å²) >= 11 is 0. The van der Waals surface area contributed by atoms with Crippen molar-refractivity contribution >= 4 is 11.6 Å². The second-order valence-corrected chi connectivity index (χ2v) is 6.41. The summed E-state index contributed by atoms with van der Waals surface area (Å²) in [7, 11) is 0. The van der Waals surface area contributed by atoms with Gasteiger partial charge >= 0.3 is 0 Å². The molecular formula is C17H24N2O. The lowest BCUT2D eigenvalue weighted by atomic mass is 9.92. The average molecular weight is 272 g/mol. The predicted octanol–water partition coefficient (Wildman–Crippen LogP) is 3.06. The molecule has 3 nitrogen and oxygen atoms in total. The summed E-state index contributed by atoms with van der Waals surface area (Å²) in [6.07, 6.45) is 4.28. The normalized spacial score (nSPS) is 29.5. The van der Waals surface area contributed by atoms with Crippen molar-refractivity contribution < 1.29 is 4.79 Å². The van der Waals surface area contributed by atoms with Crippen LogP contribution in [0.3, 0.4) is 0 Å². The summed E-state index contributed by atoms with van der Waals surface area (Å²) in [5.41, 5.74) is 2.46. The van der Waals surface area contributed by atoms with Gasteiger partial charge in [0, 0.05) is 18.3 Å². The molecule has 3 unspecified atom stereocenters. The second-order valence-electron chi connectivity index (χ2n) is 6.41. The van der Waals surface area contributed by atoms with Crippen LogP contribution < -0.4 is 5.32 Å². The van der Waals surface area contributed by atoms with E-state index in [1.54, 1.807) is 0 Å². The van der Waals surface area contributed by atoms with Crippen molar-refractivity contribution in [1.82, 2.24) is 4.90 Å². The molecule has 0 saturated carbocycles. The number of carbonyl (C=O) groups excluding carboxylic acids is 1. The first-order chi connectivity index (χ1) is 9.65. The third kappa shape index (κ3) is 2.54. The summed E-state index contributed by atoms with van der Waals surface area (Å²) in [4.78, 5) is 14.9. The van der Waals surface area contributed by atoms with Gasteiger partial charge in [-0.25, -0.2) is 0 Å². The molecule has 1 N–H and O–H groups in total. The Morgan fingerprint density at radius 3 is 2.85 bits per heavy atom. The van der Waals surface area contributed by atoms with E-state index in [2.05, 4.69) is 42.3 Å². The molecule has 3 atom stereocenters. The fourth-order valence-electron chi connectivity index (χ4n) is 3.42. The number of benzene rings is 1. The zero-order valence-corrected chi connectivity index (χ0v) is 12.4. The van der Waals surface area contributed by atoms with E-state index in [0.29, 0.717) is 17.9 Å².